The third-order valence-electron chi connectivity index (χ3n) is 2.83. The minimum absolute atomic E-state index is 0.589. The van der Waals surface area contributed by atoms with Gasteiger partial charge in [0.05, 0.1) is 5.56 Å². The van der Waals surface area contributed by atoms with Crippen molar-refractivity contribution in [2.75, 3.05) is 32.0 Å². The van der Waals surface area contributed by atoms with Gasteiger partial charge in [-0.1, -0.05) is 20.3 Å². The molecule has 0 unspecified atom stereocenters. The van der Waals surface area contributed by atoms with Crippen LogP contribution in [0.4, 0.5) is 5.82 Å². The van der Waals surface area contributed by atoms with Gasteiger partial charge in [0.2, 0.25) is 0 Å². The Morgan fingerprint density at radius 2 is 1.90 bits per heavy atom. The van der Waals surface area contributed by atoms with E-state index in [9.17, 15) is 0 Å². The second-order valence-electron chi connectivity index (χ2n) is 4.44. The fourth-order valence-electron chi connectivity index (χ4n) is 1.80. The molecule has 1 aromatic heterocycles. The van der Waals surface area contributed by atoms with Crippen molar-refractivity contribution >= 4 is 5.82 Å². The van der Waals surface area contributed by atoms with Gasteiger partial charge in [-0.3, -0.25) is 0 Å². The van der Waals surface area contributed by atoms with Crippen LogP contribution in [0.3, 0.4) is 0 Å². The maximum Gasteiger partial charge on any atom is 0.125 e. The van der Waals surface area contributed by atoms with E-state index in [1.807, 2.05) is 26.8 Å². The highest BCUT2D eigenvalue weighted by atomic mass is 15.1. The zero-order valence-electron chi connectivity index (χ0n) is 13.3. The molecule has 0 aliphatic carbocycles. The van der Waals surface area contributed by atoms with Crippen molar-refractivity contribution in [1.29, 1.82) is 5.26 Å². The smallest absolute Gasteiger partial charge is 0.125 e. The van der Waals surface area contributed by atoms with Crippen LogP contribution in [0, 0.1) is 11.3 Å². The number of anilines is 1. The molecule has 1 aliphatic rings. The summed E-state index contributed by atoms with van der Waals surface area (Å²) in [6, 6.07) is 5.54. The Labute approximate surface area is 123 Å². The molecule has 4 nitrogen and oxygen atoms in total. The van der Waals surface area contributed by atoms with E-state index >= 15 is 0 Å². The van der Waals surface area contributed by atoms with E-state index in [-0.39, 0.29) is 0 Å². The van der Waals surface area contributed by atoms with Crippen molar-refractivity contribution in [1.82, 2.24) is 9.88 Å². The molecule has 1 fully saturated rings. The van der Waals surface area contributed by atoms with Crippen LogP contribution in [0.25, 0.3) is 0 Å². The molecular weight excluding hydrogens is 248 g/mol. The number of hydrogen-bond donors (Lipinski definition) is 1. The van der Waals surface area contributed by atoms with Crippen molar-refractivity contribution in [2.45, 2.75) is 40.0 Å². The van der Waals surface area contributed by atoms with Gasteiger partial charge in [0, 0.05) is 12.7 Å². The topological polar surface area (TPSA) is 52.0 Å². The van der Waals surface area contributed by atoms with Crippen molar-refractivity contribution in [2.24, 2.45) is 0 Å². The molecule has 112 valence electrons. The molecule has 0 saturated carbocycles. The SMILES string of the molecule is CC.CCNc1ccc(C#N)cn1.CN1CCCCC1. The molecule has 2 heterocycles. The maximum atomic E-state index is 8.45. The highest BCUT2D eigenvalue weighted by Gasteiger charge is 2.02. The Morgan fingerprint density at radius 1 is 1.25 bits per heavy atom. The summed E-state index contributed by atoms with van der Waals surface area (Å²) in [5, 5.41) is 11.5. The maximum absolute atomic E-state index is 8.45. The summed E-state index contributed by atoms with van der Waals surface area (Å²) in [5.41, 5.74) is 0.589. The van der Waals surface area contributed by atoms with Crippen LogP contribution < -0.4 is 5.32 Å². The Hall–Kier alpha value is -1.60. The van der Waals surface area contributed by atoms with E-state index in [0.717, 1.165) is 12.4 Å². The predicted molar refractivity (Wildman–Crippen MR) is 85.8 cm³/mol. The van der Waals surface area contributed by atoms with Crippen LogP contribution in [-0.2, 0) is 0 Å². The average Bonchev–Trinajstić information content (AvgIpc) is 2.52. The van der Waals surface area contributed by atoms with Crippen LogP contribution in [0.2, 0.25) is 0 Å². The van der Waals surface area contributed by atoms with Gasteiger partial charge in [0.15, 0.2) is 0 Å². The van der Waals surface area contributed by atoms with E-state index in [1.165, 1.54) is 32.4 Å². The lowest BCUT2D eigenvalue weighted by Gasteiger charge is -2.20. The van der Waals surface area contributed by atoms with E-state index in [1.54, 1.807) is 18.3 Å². The Bertz CT molecular complexity index is 361. The minimum atomic E-state index is 0.589. The Kier molecular flexibility index (Phi) is 11.4. The number of pyridine rings is 1. The number of rotatable bonds is 2. The lowest BCUT2D eigenvalue weighted by molar-refractivity contribution is 0.277. The number of nitrogens with zero attached hydrogens (tertiary/aromatic N) is 3. The van der Waals surface area contributed by atoms with Gasteiger partial charge in [0.1, 0.15) is 11.9 Å². The van der Waals surface area contributed by atoms with Gasteiger partial charge in [-0.25, -0.2) is 4.98 Å². The highest BCUT2D eigenvalue weighted by molar-refractivity contribution is 5.38. The summed E-state index contributed by atoms with van der Waals surface area (Å²) in [7, 11) is 2.19. The first-order chi connectivity index (χ1) is 9.76. The van der Waals surface area contributed by atoms with E-state index in [4.69, 9.17) is 5.26 Å². The molecule has 0 aromatic carbocycles. The minimum Gasteiger partial charge on any atom is -0.370 e. The highest BCUT2D eigenvalue weighted by Crippen LogP contribution is 2.04. The van der Waals surface area contributed by atoms with Crippen LogP contribution in [-0.4, -0.2) is 36.6 Å². The molecule has 1 aromatic rings. The molecule has 1 aliphatic heterocycles. The number of piperidine rings is 1. The Balaban J connectivity index is 0.000000345. The molecule has 1 N–H and O–H groups in total. The van der Waals surface area contributed by atoms with E-state index in [2.05, 4.69) is 22.2 Å². The molecule has 0 amide bonds. The van der Waals surface area contributed by atoms with E-state index < -0.39 is 0 Å². The first-order valence-electron chi connectivity index (χ1n) is 7.55. The van der Waals surface area contributed by atoms with Gasteiger partial charge in [-0.2, -0.15) is 5.26 Å². The zero-order chi connectivity index (χ0) is 15.2. The first-order valence-corrected chi connectivity index (χ1v) is 7.55. The zero-order valence-corrected chi connectivity index (χ0v) is 13.3. The molecule has 1 saturated heterocycles. The van der Waals surface area contributed by atoms with Gasteiger partial charge in [-0.05, 0) is 52.0 Å². The van der Waals surface area contributed by atoms with Crippen molar-refractivity contribution in [3.8, 4) is 6.07 Å². The monoisotopic (exact) mass is 276 g/mol. The summed E-state index contributed by atoms with van der Waals surface area (Å²) in [6.45, 7) is 9.48. The van der Waals surface area contributed by atoms with Crippen LogP contribution in [0.1, 0.15) is 45.6 Å². The normalized spacial score (nSPS) is 13.9. The molecule has 20 heavy (non-hydrogen) atoms. The molecule has 2 rings (SSSR count). The van der Waals surface area contributed by atoms with Crippen LogP contribution in [0.5, 0.6) is 0 Å². The molecule has 0 atom stereocenters. The predicted octanol–water partition coefficient (Wildman–Crippen LogP) is 3.51. The Morgan fingerprint density at radius 3 is 2.25 bits per heavy atom. The first kappa shape index (κ1) is 18.4. The fourth-order valence-corrected chi connectivity index (χ4v) is 1.80. The van der Waals surface area contributed by atoms with E-state index in [0.29, 0.717) is 5.56 Å². The van der Waals surface area contributed by atoms with Gasteiger partial charge < -0.3 is 10.2 Å². The number of aromatic nitrogens is 1. The summed E-state index contributed by atoms with van der Waals surface area (Å²) in [5.74, 6) is 0.812. The summed E-state index contributed by atoms with van der Waals surface area (Å²) < 4.78 is 0. The third kappa shape index (κ3) is 8.49. The summed E-state index contributed by atoms with van der Waals surface area (Å²) in [6.07, 6.45) is 5.83. The third-order valence-corrected chi connectivity index (χ3v) is 2.83. The number of hydrogen-bond acceptors (Lipinski definition) is 4. The molecule has 0 spiro atoms. The van der Waals surface area contributed by atoms with Crippen molar-refractivity contribution in [3.63, 3.8) is 0 Å². The molecule has 4 heteroatoms. The standard InChI is InChI=1S/C8H9N3.C6H13N.C2H6/c1-2-10-8-4-3-7(5-9)6-11-8;1-7-5-3-2-4-6-7;1-2/h3-4,6H,2H2,1H3,(H,10,11);2-6H2,1H3;1-2H3. The lowest BCUT2D eigenvalue weighted by Crippen LogP contribution is -2.24. The number of nitriles is 1. The van der Waals surface area contributed by atoms with Crippen molar-refractivity contribution < 1.29 is 0 Å². The largest absolute Gasteiger partial charge is 0.370 e. The number of likely N-dealkylation sites (tertiary alicyclic amines) is 1. The summed E-state index contributed by atoms with van der Waals surface area (Å²) in [4.78, 5) is 6.40. The quantitative estimate of drug-likeness (QED) is 0.898. The molecule has 0 bridgehead atoms. The second kappa shape index (κ2) is 12.4. The van der Waals surface area contributed by atoms with Crippen LogP contribution >= 0.6 is 0 Å². The van der Waals surface area contributed by atoms with Gasteiger partial charge >= 0.3 is 0 Å². The average molecular weight is 276 g/mol. The van der Waals surface area contributed by atoms with Crippen molar-refractivity contribution in [3.05, 3.63) is 23.9 Å². The fraction of sp³-hybridized carbons (Fsp3) is 0.625. The second-order valence-corrected chi connectivity index (χ2v) is 4.44. The molecular formula is C16H28N4. The number of nitrogens with one attached hydrogen (secondary N) is 1. The lowest BCUT2D eigenvalue weighted by atomic mass is 10.1. The van der Waals surface area contributed by atoms with Crippen LogP contribution in [0.15, 0.2) is 18.3 Å². The molecule has 0 radical (unpaired) electrons. The van der Waals surface area contributed by atoms with Gasteiger partial charge in [0.25, 0.3) is 0 Å². The summed E-state index contributed by atoms with van der Waals surface area (Å²) >= 11 is 0. The van der Waals surface area contributed by atoms with Gasteiger partial charge in [-0.15, -0.1) is 0 Å².